The van der Waals surface area contributed by atoms with Crippen LogP contribution in [-0.4, -0.2) is 37.3 Å². The van der Waals surface area contributed by atoms with E-state index < -0.39 is 40.4 Å². The Bertz CT molecular complexity index is 1570. The molecule has 4 rings (SSSR count). The number of aromatic nitrogens is 4. The van der Waals surface area contributed by atoms with Gasteiger partial charge in [-0.25, -0.2) is 8.78 Å². The van der Waals surface area contributed by atoms with Crippen molar-refractivity contribution >= 4 is 22.6 Å². The highest BCUT2D eigenvalue weighted by Gasteiger charge is 2.42. The molecule has 3 N–H and O–H groups in total. The first-order valence-electron chi connectivity index (χ1n) is 10.7. The standard InChI is InChI=1S/C24H21F4N7O/c1-12(2)31-22(36)13-4-5-15(17(25)9-13)19-6-7-21(29)35(33-19)23(30)24(27,28)16-8-14-11-34(3)32-20(14)10-18(16)26/h4-12,29-30H,1-3H3,(H,31,36). The van der Waals surface area contributed by atoms with E-state index in [-0.39, 0.29) is 33.8 Å². The molecule has 0 radical (unpaired) electrons. The van der Waals surface area contributed by atoms with Gasteiger partial charge in [0.1, 0.15) is 17.1 Å². The summed E-state index contributed by atoms with van der Waals surface area (Å²) in [7, 11) is 1.55. The summed E-state index contributed by atoms with van der Waals surface area (Å²) in [6, 6.07) is 7.42. The summed E-state index contributed by atoms with van der Waals surface area (Å²) in [6.07, 6.45) is 1.42. The minimum absolute atomic E-state index is 0.0514. The van der Waals surface area contributed by atoms with Crippen LogP contribution in [0, 0.1) is 22.5 Å². The van der Waals surface area contributed by atoms with Gasteiger partial charge in [0.15, 0.2) is 5.84 Å². The van der Waals surface area contributed by atoms with E-state index in [1.54, 1.807) is 20.9 Å². The van der Waals surface area contributed by atoms with Crippen LogP contribution in [-0.2, 0) is 13.0 Å². The Labute approximate surface area is 202 Å². The van der Waals surface area contributed by atoms with Crippen molar-refractivity contribution in [2.45, 2.75) is 25.8 Å². The first-order chi connectivity index (χ1) is 16.9. The van der Waals surface area contributed by atoms with Crippen molar-refractivity contribution in [3.8, 4) is 11.3 Å². The van der Waals surface area contributed by atoms with Gasteiger partial charge in [-0.3, -0.25) is 20.3 Å². The predicted octanol–water partition coefficient (Wildman–Crippen LogP) is 3.95. The minimum Gasteiger partial charge on any atom is -0.350 e. The Kier molecular flexibility index (Phi) is 6.21. The third kappa shape index (κ3) is 4.49. The van der Waals surface area contributed by atoms with Crippen LogP contribution >= 0.6 is 0 Å². The molecule has 0 bridgehead atoms. The van der Waals surface area contributed by atoms with E-state index in [0.29, 0.717) is 4.68 Å². The molecule has 1 amide bonds. The second-order valence-corrected chi connectivity index (χ2v) is 8.46. The summed E-state index contributed by atoms with van der Waals surface area (Å²) in [5, 5.41) is 26.8. The van der Waals surface area contributed by atoms with Crippen molar-refractivity contribution in [1.29, 1.82) is 10.8 Å². The average molecular weight is 499 g/mol. The first-order valence-corrected chi connectivity index (χ1v) is 10.7. The highest BCUT2D eigenvalue weighted by molar-refractivity contribution is 5.95. The van der Waals surface area contributed by atoms with Gasteiger partial charge in [-0.15, -0.1) is 0 Å². The molecule has 0 aliphatic carbocycles. The predicted molar refractivity (Wildman–Crippen MR) is 124 cm³/mol. The summed E-state index contributed by atoms with van der Waals surface area (Å²) in [6.45, 7) is 3.50. The maximum Gasteiger partial charge on any atom is 0.334 e. The maximum absolute atomic E-state index is 15.3. The van der Waals surface area contributed by atoms with Crippen LogP contribution in [0.4, 0.5) is 17.6 Å². The summed E-state index contributed by atoms with van der Waals surface area (Å²) in [4.78, 5) is 12.1. The monoisotopic (exact) mass is 499 g/mol. The van der Waals surface area contributed by atoms with Crippen molar-refractivity contribution in [3.05, 3.63) is 76.9 Å². The molecular formula is C24H21F4N7O. The van der Waals surface area contributed by atoms with Crippen LogP contribution < -0.4 is 10.8 Å². The van der Waals surface area contributed by atoms with Gasteiger partial charge in [-0.2, -0.15) is 23.7 Å². The molecule has 4 aromatic rings. The Hall–Kier alpha value is -4.35. The van der Waals surface area contributed by atoms with E-state index in [9.17, 15) is 13.6 Å². The third-order valence-corrected chi connectivity index (χ3v) is 5.32. The topological polar surface area (TPSA) is 112 Å². The molecule has 0 spiro atoms. The lowest BCUT2D eigenvalue weighted by molar-refractivity contribution is 0.0656. The third-order valence-electron chi connectivity index (χ3n) is 5.32. The van der Waals surface area contributed by atoms with Crippen molar-refractivity contribution < 1.29 is 22.4 Å². The molecule has 8 nitrogen and oxygen atoms in total. The Morgan fingerprint density at radius 1 is 1.06 bits per heavy atom. The smallest absolute Gasteiger partial charge is 0.334 e. The van der Waals surface area contributed by atoms with Gasteiger partial charge in [-0.05, 0) is 50.2 Å². The van der Waals surface area contributed by atoms with E-state index in [1.807, 2.05) is 0 Å². The van der Waals surface area contributed by atoms with E-state index in [2.05, 4.69) is 15.5 Å². The van der Waals surface area contributed by atoms with Gasteiger partial charge >= 0.3 is 5.92 Å². The summed E-state index contributed by atoms with van der Waals surface area (Å²) in [5.74, 6) is -8.30. The molecule has 0 fully saturated rings. The van der Waals surface area contributed by atoms with Crippen molar-refractivity contribution in [1.82, 2.24) is 24.9 Å². The van der Waals surface area contributed by atoms with E-state index >= 15 is 8.78 Å². The molecular weight excluding hydrogens is 478 g/mol. The zero-order chi connectivity index (χ0) is 26.4. The largest absolute Gasteiger partial charge is 0.350 e. The molecule has 186 valence electrons. The molecule has 2 aromatic heterocycles. The fraction of sp³-hybridized carbons (Fsp3) is 0.208. The fourth-order valence-electron chi connectivity index (χ4n) is 3.62. The van der Waals surface area contributed by atoms with Crippen LogP contribution in [0.5, 0.6) is 0 Å². The van der Waals surface area contributed by atoms with E-state index in [4.69, 9.17) is 10.8 Å². The molecule has 2 aromatic carbocycles. The lowest BCUT2D eigenvalue weighted by Crippen LogP contribution is -2.40. The van der Waals surface area contributed by atoms with Crippen LogP contribution in [0.1, 0.15) is 29.8 Å². The van der Waals surface area contributed by atoms with Crippen LogP contribution in [0.15, 0.2) is 48.7 Å². The normalized spacial score (nSPS) is 11.8. The zero-order valence-electron chi connectivity index (χ0n) is 19.4. The second kappa shape index (κ2) is 9.02. The van der Waals surface area contributed by atoms with Crippen LogP contribution in [0.25, 0.3) is 22.2 Å². The molecule has 0 saturated heterocycles. The number of nitrogens with zero attached hydrogens (tertiary/aromatic N) is 4. The number of halogens is 4. The zero-order valence-corrected chi connectivity index (χ0v) is 19.4. The number of hydrogen-bond acceptors (Lipinski definition) is 5. The summed E-state index contributed by atoms with van der Waals surface area (Å²) in [5.41, 5.74) is -1.77. The van der Waals surface area contributed by atoms with Gasteiger partial charge in [0, 0.05) is 41.9 Å². The molecule has 36 heavy (non-hydrogen) atoms. The van der Waals surface area contributed by atoms with Crippen molar-refractivity contribution in [3.63, 3.8) is 0 Å². The molecule has 2 heterocycles. The minimum atomic E-state index is -4.18. The number of rotatable bonds is 5. The number of fused-ring (bicyclic) bond motifs is 1. The molecule has 0 aliphatic heterocycles. The number of amides is 1. The molecule has 0 unspecified atom stereocenters. The molecule has 0 saturated carbocycles. The van der Waals surface area contributed by atoms with Gasteiger partial charge in [0.05, 0.1) is 16.8 Å². The van der Waals surface area contributed by atoms with Gasteiger partial charge in [0.2, 0.25) is 0 Å². The first kappa shape index (κ1) is 24.8. The Balaban J connectivity index is 1.73. The number of carbonyl (C=O) groups is 1. The molecule has 0 aliphatic rings. The average Bonchev–Trinajstić information content (AvgIpc) is 3.16. The van der Waals surface area contributed by atoms with E-state index in [0.717, 1.165) is 24.3 Å². The lowest BCUT2D eigenvalue weighted by Gasteiger charge is -2.20. The Morgan fingerprint density at radius 2 is 1.78 bits per heavy atom. The molecule has 0 atom stereocenters. The van der Waals surface area contributed by atoms with Gasteiger partial charge in [-0.1, -0.05) is 0 Å². The second-order valence-electron chi connectivity index (χ2n) is 8.46. The van der Waals surface area contributed by atoms with Crippen LogP contribution in [0.3, 0.4) is 0 Å². The molecule has 12 heteroatoms. The SMILES string of the molecule is CC(C)NC(=O)c1ccc(-c2ccc(=N)n(C(=N)C(F)(F)c3cc4cn(C)nc4cc3F)n2)c(F)c1. The summed E-state index contributed by atoms with van der Waals surface area (Å²) < 4.78 is 61.7. The number of alkyl halides is 2. The highest BCUT2D eigenvalue weighted by Crippen LogP contribution is 2.34. The van der Waals surface area contributed by atoms with Crippen LogP contribution in [0.2, 0.25) is 0 Å². The number of nitrogens with one attached hydrogen (secondary N) is 3. The van der Waals surface area contributed by atoms with Gasteiger partial charge in [0.25, 0.3) is 5.91 Å². The summed E-state index contributed by atoms with van der Waals surface area (Å²) >= 11 is 0. The number of benzene rings is 2. The number of hydrogen-bond donors (Lipinski definition) is 3. The number of aryl methyl sites for hydroxylation is 1. The van der Waals surface area contributed by atoms with Crippen molar-refractivity contribution in [2.75, 3.05) is 0 Å². The quantitative estimate of drug-likeness (QED) is 0.220. The van der Waals surface area contributed by atoms with E-state index in [1.165, 1.54) is 29.1 Å². The Morgan fingerprint density at radius 3 is 2.44 bits per heavy atom. The lowest BCUT2D eigenvalue weighted by atomic mass is 10.0. The van der Waals surface area contributed by atoms with Crippen molar-refractivity contribution in [2.24, 2.45) is 7.05 Å². The highest BCUT2D eigenvalue weighted by atomic mass is 19.3. The maximum atomic E-state index is 15.3. The van der Waals surface area contributed by atoms with Gasteiger partial charge < -0.3 is 5.32 Å². The fourth-order valence-corrected chi connectivity index (χ4v) is 3.62. The number of carbonyl (C=O) groups excluding carboxylic acids is 1.